The molecule has 0 N–H and O–H groups in total. The van der Waals surface area contributed by atoms with Crippen molar-refractivity contribution in [1.29, 1.82) is 0 Å². The van der Waals surface area contributed by atoms with Crippen LogP contribution in [0.5, 0.6) is 17.2 Å². The van der Waals surface area contributed by atoms with E-state index < -0.39 is 0 Å². The lowest BCUT2D eigenvalue weighted by molar-refractivity contribution is 0.323. The highest BCUT2D eigenvalue weighted by Crippen LogP contribution is 2.38. The lowest BCUT2D eigenvalue weighted by Gasteiger charge is -2.14. The van der Waals surface area contributed by atoms with Gasteiger partial charge in [0.1, 0.15) is 0 Å². The monoisotopic (exact) mass is 248 g/mol. The third-order valence-electron chi connectivity index (χ3n) is 2.65. The molecular weight excluding hydrogens is 232 g/mol. The standard InChI is InChI=1S/C13H16N2O3/c1-16-11-6-10(8-15-5-4-14-9-15)7-12(17-2)13(11)18-3/h4-7,9H,8H2,1-3H3. The third kappa shape index (κ3) is 2.40. The zero-order chi connectivity index (χ0) is 13.0. The molecule has 0 saturated heterocycles. The molecule has 18 heavy (non-hydrogen) atoms. The second-order valence-electron chi connectivity index (χ2n) is 3.77. The number of aromatic nitrogens is 2. The highest BCUT2D eigenvalue weighted by atomic mass is 16.5. The molecule has 0 atom stereocenters. The van der Waals surface area contributed by atoms with Crippen LogP contribution in [-0.2, 0) is 6.54 Å². The molecule has 0 amide bonds. The summed E-state index contributed by atoms with van der Waals surface area (Å²) >= 11 is 0. The Balaban J connectivity index is 2.37. The Morgan fingerprint density at radius 2 is 1.72 bits per heavy atom. The van der Waals surface area contributed by atoms with Gasteiger partial charge < -0.3 is 18.8 Å². The molecule has 96 valence electrons. The van der Waals surface area contributed by atoms with E-state index in [1.54, 1.807) is 33.9 Å². The highest BCUT2D eigenvalue weighted by Gasteiger charge is 2.13. The molecule has 0 aliphatic carbocycles. The average Bonchev–Trinajstić information content (AvgIpc) is 2.90. The molecule has 2 rings (SSSR count). The minimum atomic E-state index is 0.606. The summed E-state index contributed by atoms with van der Waals surface area (Å²) in [5, 5.41) is 0. The van der Waals surface area contributed by atoms with Gasteiger partial charge in [-0.2, -0.15) is 0 Å². The molecule has 0 unspecified atom stereocenters. The van der Waals surface area contributed by atoms with Crippen LogP contribution in [0.3, 0.4) is 0 Å². The van der Waals surface area contributed by atoms with Crippen LogP contribution in [0.25, 0.3) is 0 Å². The lowest BCUT2D eigenvalue weighted by atomic mass is 10.2. The van der Waals surface area contributed by atoms with Crippen molar-refractivity contribution in [3.8, 4) is 17.2 Å². The molecule has 0 spiro atoms. The summed E-state index contributed by atoms with van der Waals surface area (Å²) in [6.07, 6.45) is 5.42. The fourth-order valence-electron chi connectivity index (χ4n) is 1.82. The van der Waals surface area contributed by atoms with Crippen LogP contribution in [0.2, 0.25) is 0 Å². The minimum Gasteiger partial charge on any atom is -0.493 e. The van der Waals surface area contributed by atoms with E-state index in [-0.39, 0.29) is 0 Å². The minimum absolute atomic E-state index is 0.606. The molecule has 5 heteroatoms. The van der Waals surface area contributed by atoms with Crippen molar-refractivity contribution in [2.24, 2.45) is 0 Å². The van der Waals surface area contributed by atoms with Crippen LogP contribution < -0.4 is 14.2 Å². The Morgan fingerprint density at radius 1 is 1.06 bits per heavy atom. The van der Waals surface area contributed by atoms with Crippen molar-refractivity contribution in [2.45, 2.75) is 6.54 Å². The van der Waals surface area contributed by atoms with Gasteiger partial charge in [0.05, 0.1) is 27.7 Å². The van der Waals surface area contributed by atoms with Gasteiger partial charge in [0, 0.05) is 18.9 Å². The molecule has 0 fully saturated rings. The molecule has 0 radical (unpaired) electrons. The maximum absolute atomic E-state index is 5.31. The van der Waals surface area contributed by atoms with Crippen LogP contribution in [0.15, 0.2) is 30.9 Å². The van der Waals surface area contributed by atoms with E-state index in [2.05, 4.69) is 4.98 Å². The second kappa shape index (κ2) is 5.44. The van der Waals surface area contributed by atoms with Gasteiger partial charge in [0.25, 0.3) is 0 Å². The lowest BCUT2D eigenvalue weighted by Crippen LogP contribution is -2.00. The van der Waals surface area contributed by atoms with Crippen LogP contribution in [0.1, 0.15) is 5.56 Å². The molecule has 1 aromatic carbocycles. The molecule has 1 heterocycles. The van der Waals surface area contributed by atoms with Crippen LogP contribution >= 0.6 is 0 Å². The number of imidazole rings is 1. The van der Waals surface area contributed by atoms with Gasteiger partial charge in [0.15, 0.2) is 11.5 Å². The number of benzene rings is 1. The number of nitrogens with zero attached hydrogens (tertiary/aromatic N) is 2. The van der Waals surface area contributed by atoms with E-state index in [0.717, 1.165) is 5.56 Å². The van der Waals surface area contributed by atoms with Gasteiger partial charge in [-0.1, -0.05) is 0 Å². The van der Waals surface area contributed by atoms with Crippen molar-refractivity contribution in [1.82, 2.24) is 9.55 Å². The Bertz CT molecular complexity index is 484. The number of hydrogen-bond donors (Lipinski definition) is 0. The number of hydrogen-bond acceptors (Lipinski definition) is 4. The number of methoxy groups -OCH3 is 3. The normalized spacial score (nSPS) is 10.2. The summed E-state index contributed by atoms with van der Waals surface area (Å²) in [6, 6.07) is 3.86. The molecule has 2 aromatic rings. The molecule has 0 bridgehead atoms. The smallest absolute Gasteiger partial charge is 0.203 e. The van der Waals surface area contributed by atoms with E-state index >= 15 is 0 Å². The van der Waals surface area contributed by atoms with E-state index in [0.29, 0.717) is 23.8 Å². The van der Waals surface area contributed by atoms with Crippen molar-refractivity contribution < 1.29 is 14.2 Å². The fraction of sp³-hybridized carbons (Fsp3) is 0.308. The van der Waals surface area contributed by atoms with Crippen molar-refractivity contribution in [2.75, 3.05) is 21.3 Å². The largest absolute Gasteiger partial charge is 0.493 e. The first-order valence-corrected chi connectivity index (χ1v) is 5.53. The van der Waals surface area contributed by atoms with E-state index in [9.17, 15) is 0 Å². The highest BCUT2D eigenvalue weighted by molar-refractivity contribution is 5.53. The first-order chi connectivity index (χ1) is 8.78. The molecule has 0 aliphatic heterocycles. The van der Waals surface area contributed by atoms with Crippen molar-refractivity contribution in [3.05, 3.63) is 36.4 Å². The van der Waals surface area contributed by atoms with Gasteiger partial charge in [-0.05, 0) is 17.7 Å². The van der Waals surface area contributed by atoms with Crippen LogP contribution in [0.4, 0.5) is 0 Å². The predicted octanol–water partition coefficient (Wildman–Crippen LogP) is 1.96. The maximum atomic E-state index is 5.31. The van der Waals surface area contributed by atoms with Gasteiger partial charge in [0.2, 0.25) is 5.75 Å². The quantitative estimate of drug-likeness (QED) is 0.811. The topological polar surface area (TPSA) is 45.5 Å². The molecular formula is C13H16N2O3. The van der Waals surface area contributed by atoms with Gasteiger partial charge in [-0.15, -0.1) is 0 Å². The Morgan fingerprint density at radius 3 is 2.17 bits per heavy atom. The van der Waals surface area contributed by atoms with Gasteiger partial charge in [-0.25, -0.2) is 4.98 Å². The van der Waals surface area contributed by atoms with E-state index in [4.69, 9.17) is 14.2 Å². The second-order valence-corrected chi connectivity index (χ2v) is 3.77. The summed E-state index contributed by atoms with van der Waals surface area (Å²) in [7, 11) is 4.81. The van der Waals surface area contributed by atoms with Crippen LogP contribution in [0, 0.1) is 0 Å². The number of rotatable bonds is 5. The predicted molar refractivity (Wildman–Crippen MR) is 67.4 cm³/mol. The van der Waals surface area contributed by atoms with E-state index in [1.807, 2.05) is 22.9 Å². The Labute approximate surface area is 106 Å². The van der Waals surface area contributed by atoms with Crippen molar-refractivity contribution in [3.63, 3.8) is 0 Å². The van der Waals surface area contributed by atoms with Gasteiger partial charge >= 0.3 is 0 Å². The summed E-state index contributed by atoms with van der Waals surface area (Å²) in [5.41, 5.74) is 1.06. The summed E-state index contributed by atoms with van der Waals surface area (Å²) < 4.78 is 17.9. The Hall–Kier alpha value is -2.17. The average molecular weight is 248 g/mol. The molecule has 0 saturated carbocycles. The third-order valence-corrected chi connectivity index (χ3v) is 2.65. The zero-order valence-electron chi connectivity index (χ0n) is 10.7. The first-order valence-electron chi connectivity index (χ1n) is 5.53. The molecule has 5 nitrogen and oxygen atoms in total. The zero-order valence-corrected chi connectivity index (χ0v) is 10.7. The summed E-state index contributed by atoms with van der Waals surface area (Å²) in [6.45, 7) is 0.705. The van der Waals surface area contributed by atoms with E-state index in [1.165, 1.54) is 0 Å². The Kier molecular flexibility index (Phi) is 3.72. The molecule has 0 aliphatic rings. The molecule has 1 aromatic heterocycles. The van der Waals surface area contributed by atoms with Crippen LogP contribution in [-0.4, -0.2) is 30.9 Å². The maximum Gasteiger partial charge on any atom is 0.203 e. The SMILES string of the molecule is COc1cc(Cn2ccnc2)cc(OC)c1OC. The number of ether oxygens (including phenoxy) is 3. The van der Waals surface area contributed by atoms with Gasteiger partial charge in [-0.3, -0.25) is 0 Å². The van der Waals surface area contributed by atoms with Crippen molar-refractivity contribution >= 4 is 0 Å². The summed E-state index contributed by atoms with van der Waals surface area (Å²) in [4.78, 5) is 4.01. The fourth-order valence-corrected chi connectivity index (χ4v) is 1.82. The first kappa shape index (κ1) is 12.3. The summed E-state index contributed by atoms with van der Waals surface area (Å²) in [5.74, 6) is 1.92.